The fraction of sp³-hybridized carbons (Fsp3) is 0.0484. The van der Waals surface area contributed by atoms with E-state index in [1.165, 1.54) is 108 Å². The molecule has 65 heavy (non-hydrogen) atoms. The topological polar surface area (TPSA) is 38.7 Å². The molecule has 0 amide bonds. The van der Waals surface area contributed by atoms with Gasteiger partial charge in [0, 0.05) is 47.1 Å². The van der Waals surface area contributed by atoms with Crippen LogP contribution in [0.1, 0.15) is 34.4 Å². The van der Waals surface area contributed by atoms with Crippen molar-refractivity contribution in [2.24, 2.45) is 0 Å². The predicted octanol–water partition coefficient (Wildman–Crippen LogP) is 16.2. The van der Waals surface area contributed by atoms with Gasteiger partial charge in [0.1, 0.15) is 0 Å². The third kappa shape index (κ3) is 2.66. The molecule has 1 fully saturated rings. The van der Waals surface area contributed by atoms with E-state index in [9.17, 15) is 0 Å². The first-order valence-electron chi connectivity index (χ1n) is 23.2. The summed E-state index contributed by atoms with van der Waals surface area (Å²) in [6, 6.07) is 43.8. The van der Waals surface area contributed by atoms with Crippen molar-refractivity contribution in [2.75, 3.05) is 0 Å². The van der Waals surface area contributed by atoms with Crippen molar-refractivity contribution in [3.05, 3.63) is 151 Å². The quantitative estimate of drug-likeness (QED) is 0.166. The zero-order valence-corrected chi connectivity index (χ0v) is 34.3. The van der Waals surface area contributed by atoms with Crippen molar-refractivity contribution in [1.29, 1.82) is 0 Å². The summed E-state index contributed by atoms with van der Waals surface area (Å²) in [5, 5.41) is 42.4. The highest BCUT2D eigenvalue weighted by Crippen LogP contribution is 2.77. The Morgan fingerprint density at radius 1 is 0.262 bits per heavy atom. The van der Waals surface area contributed by atoms with Crippen LogP contribution in [-0.4, -0.2) is 15.0 Å². The number of nitrogens with zero attached hydrogens (tertiary/aromatic N) is 3. The van der Waals surface area contributed by atoms with Gasteiger partial charge < -0.3 is 0 Å². The molecule has 3 heterocycles. The van der Waals surface area contributed by atoms with Crippen LogP contribution in [0.3, 0.4) is 0 Å². The maximum absolute atomic E-state index is 5.04. The highest BCUT2D eigenvalue weighted by atomic mass is 14.7. The van der Waals surface area contributed by atoms with Crippen molar-refractivity contribution in [2.45, 2.75) is 17.8 Å². The minimum Gasteiger partial charge on any atom is -0.256 e. The predicted molar refractivity (Wildman–Crippen MR) is 270 cm³/mol. The number of aromatic nitrogens is 3. The fourth-order valence-corrected chi connectivity index (χ4v) is 16.3. The molecule has 0 N–H and O–H groups in total. The maximum Gasteiger partial charge on any atom is 0.0715 e. The second kappa shape index (κ2) is 8.93. The third-order valence-corrected chi connectivity index (χ3v) is 18.1. The molecule has 2 aliphatic rings. The molecule has 2 atom stereocenters. The van der Waals surface area contributed by atoms with Crippen LogP contribution in [0.2, 0.25) is 0 Å². The minimum atomic E-state index is 0.276. The number of fused-ring (bicyclic) bond motifs is 8. The van der Waals surface area contributed by atoms with Gasteiger partial charge in [0.15, 0.2) is 0 Å². The molecule has 3 nitrogen and oxygen atoms in total. The van der Waals surface area contributed by atoms with Crippen LogP contribution in [0.25, 0.3) is 185 Å². The summed E-state index contributed by atoms with van der Waals surface area (Å²) in [5.41, 5.74) is 10.7. The van der Waals surface area contributed by atoms with Gasteiger partial charge in [-0.3, -0.25) is 15.0 Å². The van der Waals surface area contributed by atoms with Crippen molar-refractivity contribution in [3.8, 4) is 33.8 Å². The van der Waals surface area contributed by atoms with E-state index < -0.39 is 0 Å². The van der Waals surface area contributed by atoms with Gasteiger partial charge in [-0.1, -0.05) is 66.7 Å². The molecular weight excluding hydrogens is 787 g/mol. The Morgan fingerprint density at radius 3 is 0.923 bits per heavy atom. The third-order valence-electron chi connectivity index (χ3n) is 18.1. The molecule has 1 saturated carbocycles. The fourth-order valence-electron chi connectivity index (χ4n) is 16.3. The molecule has 3 aromatic heterocycles. The van der Waals surface area contributed by atoms with Gasteiger partial charge in [-0.2, -0.15) is 0 Å². The lowest BCUT2D eigenvalue weighted by molar-refractivity contribution is 1.04. The summed E-state index contributed by atoms with van der Waals surface area (Å²) < 4.78 is 0. The first-order chi connectivity index (χ1) is 32.3. The Bertz CT molecular complexity index is 4910. The van der Waals surface area contributed by atoms with Crippen molar-refractivity contribution >= 4 is 151 Å². The Labute approximate surface area is 366 Å². The molecular formula is C62H25N3. The van der Waals surface area contributed by atoms with E-state index in [4.69, 9.17) is 15.0 Å². The molecule has 0 saturated heterocycles. The Morgan fingerprint density at radius 2 is 0.569 bits per heavy atom. The van der Waals surface area contributed by atoms with Crippen LogP contribution in [0.15, 0.2) is 134 Å². The molecule has 0 aliphatic heterocycles. The van der Waals surface area contributed by atoms with E-state index in [0.717, 1.165) is 33.8 Å². The van der Waals surface area contributed by atoms with E-state index in [1.54, 1.807) is 59.6 Å². The number of pyridine rings is 3. The summed E-state index contributed by atoms with van der Waals surface area (Å²) in [5.74, 6) is 0.958. The zero-order valence-electron chi connectivity index (χ0n) is 34.3. The van der Waals surface area contributed by atoms with Gasteiger partial charge in [-0.05, 0) is 222 Å². The normalized spacial score (nSPS) is 18.3. The first kappa shape index (κ1) is 29.9. The lowest BCUT2D eigenvalue weighted by atomic mass is 9.88. The van der Waals surface area contributed by atoms with E-state index in [-0.39, 0.29) is 5.92 Å². The van der Waals surface area contributed by atoms with Crippen LogP contribution < -0.4 is 0 Å². The molecule has 3 heteroatoms. The molecule has 16 aromatic carbocycles. The van der Waals surface area contributed by atoms with Gasteiger partial charge in [0.25, 0.3) is 0 Å². The molecule has 21 rings (SSSR count). The van der Waals surface area contributed by atoms with E-state index in [2.05, 4.69) is 97.1 Å². The Kier molecular flexibility index (Phi) is 4.11. The molecule has 19 aromatic rings. The van der Waals surface area contributed by atoms with Crippen LogP contribution in [0.4, 0.5) is 0 Å². The first-order valence-corrected chi connectivity index (χ1v) is 23.2. The second-order valence-corrected chi connectivity index (χ2v) is 20.2. The molecule has 2 unspecified atom stereocenters. The minimum absolute atomic E-state index is 0.276. The number of benzene rings is 10. The highest BCUT2D eigenvalue weighted by Gasteiger charge is 2.59. The molecule has 2 aliphatic carbocycles. The molecule has 288 valence electrons. The van der Waals surface area contributed by atoms with Gasteiger partial charge in [-0.15, -0.1) is 0 Å². The smallest absolute Gasteiger partial charge is 0.0715 e. The molecule has 0 bridgehead atoms. The van der Waals surface area contributed by atoms with Crippen LogP contribution in [-0.2, 0) is 0 Å². The largest absolute Gasteiger partial charge is 0.256 e. The number of hydrogen-bond donors (Lipinski definition) is 0. The standard InChI is InChI=1S/C62H25N3/c1-4-18-63-34(7-1)32-21-23(22-33(35-8-2-5-19-64-35)38(32)36-9-3-6-20-65-36)37-49-47-30-16-14-28-26-12-10-24-25-11-13-27-29-15-17-31-46-44(29)53-42(27)40(25)51-39(24)41(26)52-43(28)45(30)54-56(47)57(48(31)50(37)49)55(46)62-60(53)58(51)59(52)61(54)62/h1-22,37,49-50H. The lowest BCUT2D eigenvalue weighted by Crippen LogP contribution is -1.98. The van der Waals surface area contributed by atoms with Crippen LogP contribution in [0, 0.1) is 0 Å². The highest BCUT2D eigenvalue weighted by molar-refractivity contribution is 6.69. The van der Waals surface area contributed by atoms with Gasteiger partial charge in [0.05, 0.1) is 17.1 Å². The average Bonchev–Trinajstić information content (AvgIpc) is 3.88. The molecule has 0 spiro atoms. The van der Waals surface area contributed by atoms with E-state index in [0.29, 0.717) is 11.8 Å². The molecule has 0 radical (unpaired) electrons. The Hall–Kier alpha value is -8.27. The van der Waals surface area contributed by atoms with Gasteiger partial charge >= 0.3 is 0 Å². The van der Waals surface area contributed by atoms with Crippen LogP contribution in [0.5, 0.6) is 0 Å². The lowest BCUT2D eigenvalue weighted by Gasteiger charge is -2.17. The average molecular weight is 812 g/mol. The monoisotopic (exact) mass is 811 g/mol. The van der Waals surface area contributed by atoms with Gasteiger partial charge in [0.2, 0.25) is 0 Å². The summed E-state index contributed by atoms with van der Waals surface area (Å²) in [4.78, 5) is 15.1. The van der Waals surface area contributed by atoms with Crippen molar-refractivity contribution < 1.29 is 0 Å². The second-order valence-electron chi connectivity index (χ2n) is 20.2. The van der Waals surface area contributed by atoms with Crippen molar-refractivity contribution in [1.82, 2.24) is 15.0 Å². The van der Waals surface area contributed by atoms with Crippen molar-refractivity contribution in [3.63, 3.8) is 0 Å². The zero-order chi connectivity index (χ0) is 40.8. The Balaban J connectivity index is 0.991. The van der Waals surface area contributed by atoms with E-state index in [1.807, 2.05) is 36.8 Å². The SMILES string of the molecule is c1ccc(-c2cc(C3C4c5c6ccc7c8ccc9c%10ccc%11c%12ccc%13c(c%14c5c5c6c7c6c8c9c7c%10c%11c8c%12c%13c%14c9c5c6c7c89)C34)cc(-c3ccccn3)c2-c2ccccn2)nc1. The summed E-state index contributed by atoms with van der Waals surface area (Å²) in [6.45, 7) is 0. The maximum atomic E-state index is 5.04. The van der Waals surface area contributed by atoms with Gasteiger partial charge in [-0.25, -0.2) is 0 Å². The summed E-state index contributed by atoms with van der Waals surface area (Å²) >= 11 is 0. The van der Waals surface area contributed by atoms with E-state index >= 15 is 0 Å². The number of rotatable bonds is 4. The summed E-state index contributed by atoms with van der Waals surface area (Å²) in [6.07, 6.45) is 5.75. The summed E-state index contributed by atoms with van der Waals surface area (Å²) in [7, 11) is 0. The number of hydrogen-bond acceptors (Lipinski definition) is 3. The van der Waals surface area contributed by atoms with Crippen LogP contribution >= 0.6 is 0 Å².